The predicted octanol–water partition coefficient (Wildman–Crippen LogP) is 3.93. The summed E-state index contributed by atoms with van der Waals surface area (Å²) in [6.45, 7) is 5.67. The Hall–Kier alpha value is -0.760. The summed E-state index contributed by atoms with van der Waals surface area (Å²) < 4.78 is 5.43. The summed E-state index contributed by atoms with van der Waals surface area (Å²) in [6, 6.07) is 4.78. The van der Waals surface area contributed by atoms with Crippen LogP contribution in [0.1, 0.15) is 45.3 Å². The second-order valence-electron chi connectivity index (χ2n) is 5.82. The zero-order valence-corrected chi connectivity index (χ0v) is 11.4. The van der Waals surface area contributed by atoms with Gasteiger partial charge in [-0.15, -0.1) is 0 Å². The number of nitrogens with zero attached hydrogens (tertiary/aromatic N) is 1. The molecule has 1 fully saturated rings. The summed E-state index contributed by atoms with van der Waals surface area (Å²) in [5, 5.41) is 0. The van der Waals surface area contributed by atoms with Crippen LogP contribution in [-0.2, 0) is 6.54 Å². The molecule has 1 aromatic heterocycles. The van der Waals surface area contributed by atoms with Crippen molar-refractivity contribution in [3.8, 4) is 0 Å². The predicted molar refractivity (Wildman–Crippen MR) is 70.8 cm³/mol. The smallest absolute Gasteiger partial charge is 0.117 e. The largest absolute Gasteiger partial charge is 0.468 e. The topological polar surface area (TPSA) is 16.4 Å². The molecule has 0 aliphatic heterocycles. The van der Waals surface area contributed by atoms with Crippen LogP contribution in [0.4, 0.5) is 0 Å². The average Bonchev–Trinajstić information content (AvgIpc) is 2.82. The molecule has 0 saturated heterocycles. The average molecular weight is 235 g/mol. The van der Waals surface area contributed by atoms with Gasteiger partial charge >= 0.3 is 0 Å². The number of hydrogen-bond acceptors (Lipinski definition) is 2. The van der Waals surface area contributed by atoms with Crippen molar-refractivity contribution in [2.24, 2.45) is 11.8 Å². The van der Waals surface area contributed by atoms with Crippen LogP contribution in [0, 0.1) is 11.8 Å². The fourth-order valence-corrected chi connectivity index (χ4v) is 2.98. The number of rotatable bonds is 4. The first-order valence-corrected chi connectivity index (χ1v) is 6.89. The maximum absolute atomic E-state index is 5.43. The Kier molecular flexibility index (Phi) is 4.27. The van der Waals surface area contributed by atoms with E-state index in [1.165, 1.54) is 25.7 Å². The van der Waals surface area contributed by atoms with Crippen molar-refractivity contribution in [3.05, 3.63) is 24.2 Å². The van der Waals surface area contributed by atoms with Gasteiger partial charge < -0.3 is 4.42 Å². The molecule has 0 bridgehead atoms. The maximum atomic E-state index is 5.43. The molecule has 0 aromatic carbocycles. The van der Waals surface area contributed by atoms with Gasteiger partial charge in [0, 0.05) is 6.04 Å². The molecule has 1 aliphatic carbocycles. The first-order valence-electron chi connectivity index (χ1n) is 6.89. The van der Waals surface area contributed by atoms with Crippen LogP contribution in [0.5, 0.6) is 0 Å². The van der Waals surface area contributed by atoms with E-state index in [9.17, 15) is 0 Å². The number of hydrogen-bond donors (Lipinski definition) is 0. The van der Waals surface area contributed by atoms with Crippen molar-refractivity contribution in [1.82, 2.24) is 4.90 Å². The summed E-state index contributed by atoms with van der Waals surface area (Å²) in [5.74, 6) is 2.82. The molecule has 1 aliphatic rings. The van der Waals surface area contributed by atoms with Crippen LogP contribution in [0.2, 0.25) is 0 Å². The second kappa shape index (κ2) is 5.72. The lowest BCUT2D eigenvalue weighted by Crippen LogP contribution is -2.36. The van der Waals surface area contributed by atoms with E-state index in [1.54, 1.807) is 6.26 Å². The highest BCUT2D eigenvalue weighted by atomic mass is 16.3. The molecule has 2 unspecified atom stereocenters. The molecule has 1 aromatic rings. The molecular weight excluding hydrogens is 210 g/mol. The standard InChI is InChI=1S/C15H25NO/c1-12(2)13-6-4-7-14(10-13)16(3)11-15-8-5-9-17-15/h5,8-9,12-14H,4,6-7,10-11H2,1-3H3. The Bertz CT molecular complexity index is 318. The summed E-state index contributed by atoms with van der Waals surface area (Å²) >= 11 is 0. The zero-order chi connectivity index (χ0) is 12.3. The van der Waals surface area contributed by atoms with E-state index in [-0.39, 0.29) is 0 Å². The van der Waals surface area contributed by atoms with Gasteiger partial charge in [0.15, 0.2) is 0 Å². The summed E-state index contributed by atoms with van der Waals surface area (Å²) in [5.41, 5.74) is 0. The van der Waals surface area contributed by atoms with Gasteiger partial charge in [0.2, 0.25) is 0 Å². The van der Waals surface area contributed by atoms with Gasteiger partial charge in [-0.3, -0.25) is 4.90 Å². The van der Waals surface area contributed by atoms with Gasteiger partial charge in [0.1, 0.15) is 5.76 Å². The Balaban J connectivity index is 1.88. The fraction of sp³-hybridized carbons (Fsp3) is 0.733. The van der Waals surface area contributed by atoms with Gasteiger partial charge in [-0.25, -0.2) is 0 Å². The molecule has 0 radical (unpaired) electrons. The third-order valence-corrected chi connectivity index (χ3v) is 4.24. The third kappa shape index (κ3) is 3.35. The van der Waals surface area contributed by atoms with Crippen molar-refractivity contribution in [3.63, 3.8) is 0 Å². The number of furan rings is 1. The highest BCUT2D eigenvalue weighted by Gasteiger charge is 2.26. The first kappa shape index (κ1) is 12.7. The summed E-state index contributed by atoms with van der Waals surface area (Å²) in [6.07, 6.45) is 7.27. The lowest BCUT2D eigenvalue weighted by molar-refractivity contribution is 0.125. The molecule has 0 spiro atoms. The van der Waals surface area contributed by atoms with E-state index in [2.05, 4.69) is 31.9 Å². The van der Waals surface area contributed by atoms with E-state index < -0.39 is 0 Å². The molecule has 1 heterocycles. The Morgan fingerprint density at radius 3 is 2.88 bits per heavy atom. The Labute approximate surface area is 105 Å². The molecule has 2 heteroatoms. The minimum Gasteiger partial charge on any atom is -0.468 e. The molecule has 2 atom stereocenters. The van der Waals surface area contributed by atoms with E-state index in [0.29, 0.717) is 0 Å². The van der Waals surface area contributed by atoms with Gasteiger partial charge in [0.05, 0.1) is 12.8 Å². The van der Waals surface area contributed by atoms with Gasteiger partial charge in [0.25, 0.3) is 0 Å². The van der Waals surface area contributed by atoms with Gasteiger partial charge in [-0.2, -0.15) is 0 Å². The van der Waals surface area contributed by atoms with Crippen molar-refractivity contribution in [2.75, 3.05) is 7.05 Å². The van der Waals surface area contributed by atoms with Crippen molar-refractivity contribution in [2.45, 2.75) is 52.1 Å². The highest BCUT2D eigenvalue weighted by molar-refractivity contribution is 4.98. The second-order valence-corrected chi connectivity index (χ2v) is 5.82. The van der Waals surface area contributed by atoms with E-state index in [4.69, 9.17) is 4.42 Å². The molecule has 96 valence electrons. The molecule has 0 N–H and O–H groups in total. The van der Waals surface area contributed by atoms with Gasteiger partial charge in [-0.05, 0) is 43.9 Å². The molecule has 17 heavy (non-hydrogen) atoms. The van der Waals surface area contributed by atoms with Crippen LogP contribution >= 0.6 is 0 Å². The third-order valence-electron chi connectivity index (χ3n) is 4.24. The molecule has 2 nitrogen and oxygen atoms in total. The Morgan fingerprint density at radius 2 is 2.24 bits per heavy atom. The molecule has 0 amide bonds. The lowest BCUT2D eigenvalue weighted by Gasteiger charge is -2.36. The van der Waals surface area contributed by atoms with Crippen LogP contribution in [-0.4, -0.2) is 18.0 Å². The molecule has 1 saturated carbocycles. The fourth-order valence-electron chi connectivity index (χ4n) is 2.98. The van der Waals surface area contributed by atoms with E-state index >= 15 is 0 Å². The van der Waals surface area contributed by atoms with Crippen LogP contribution < -0.4 is 0 Å². The van der Waals surface area contributed by atoms with Crippen molar-refractivity contribution in [1.29, 1.82) is 0 Å². The maximum Gasteiger partial charge on any atom is 0.117 e. The Morgan fingerprint density at radius 1 is 1.41 bits per heavy atom. The molecular formula is C15H25NO. The minimum atomic E-state index is 0.737. The minimum absolute atomic E-state index is 0.737. The SMILES string of the molecule is CC(C)C1CCCC(N(C)Cc2ccco2)C1. The lowest BCUT2D eigenvalue weighted by atomic mass is 9.79. The van der Waals surface area contributed by atoms with Crippen LogP contribution in [0.3, 0.4) is 0 Å². The van der Waals surface area contributed by atoms with Crippen molar-refractivity contribution < 1.29 is 4.42 Å². The van der Waals surface area contributed by atoms with Crippen LogP contribution in [0.15, 0.2) is 22.8 Å². The monoisotopic (exact) mass is 235 g/mol. The first-order chi connectivity index (χ1) is 8.16. The van der Waals surface area contributed by atoms with E-state index in [1.807, 2.05) is 6.07 Å². The van der Waals surface area contributed by atoms with Crippen molar-refractivity contribution >= 4 is 0 Å². The normalized spacial score (nSPS) is 25.7. The van der Waals surface area contributed by atoms with Gasteiger partial charge in [-0.1, -0.05) is 26.7 Å². The summed E-state index contributed by atoms with van der Waals surface area (Å²) in [4.78, 5) is 2.47. The molecule has 2 rings (SSSR count). The zero-order valence-electron chi connectivity index (χ0n) is 11.4. The summed E-state index contributed by atoms with van der Waals surface area (Å²) in [7, 11) is 2.23. The van der Waals surface area contributed by atoms with E-state index in [0.717, 1.165) is 30.2 Å². The quantitative estimate of drug-likeness (QED) is 0.786. The highest BCUT2D eigenvalue weighted by Crippen LogP contribution is 2.32. The van der Waals surface area contributed by atoms with Crippen LogP contribution in [0.25, 0.3) is 0 Å².